The normalized spacial score (nSPS) is 15.4. The second-order valence-electron chi connectivity index (χ2n) is 6.31. The van der Waals surface area contributed by atoms with Crippen molar-refractivity contribution in [1.29, 1.82) is 0 Å². The zero-order valence-electron chi connectivity index (χ0n) is 15.5. The lowest BCUT2D eigenvalue weighted by Crippen LogP contribution is -2.54. The number of carbonyl (C=O) groups excluding carboxylic acids is 3. The number of nitrogens with one attached hydrogen (secondary N) is 1. The largest absolute Gasteiger partial charge is 0.481 e. The number of carbonyl (C=O) groups is 3. The number of ether oxygens (including phenoxy) is 1. The quantitative estimate of drug-likeness (QED) is 0.507. The van der Waals surface area contributed by atoms with Gasteiger partial charge in [0.15, 0.2) is 0 Å². The molecule has 1 fully saturated rings. The fraction of sp³-hybridized carbons (Fsp3) is 0.136. The minimum atomic E-state index is -0.771. The van der Waals surface area contributed by atoms with Gasteiger partial charge in [0.25, 0.3) is 11.8 Å². The molecule has 6 heteroatoms. The molecule has 1 saturated heterocycles. The number of barbiturate groups is 1. The van der Waals surface area contributed by atoms with Gasteiger partial charge >= 0.3 is 6.03 Å². The number of hydrogen-bond acceptors (Lipinski definition) is 4. The zero-order chi connectivity index (χ0) is 20.3. The van der Waals surface area contributed by atoms with Crippen molar-refractivity contribution in [2.24, 2.45) is 0 Å². The van der Waals surface area contributed by atoms with Crippen molar-refractivity contribution in [3.63, 3.8) is 0 Å². The molecule has 28 heavy (non-hydrogen) atoms. The first-order chi connectivity index (χ1) is 13.4. The Morgan fingerprint density at radius 2 is 1.93 bits per heavy atom. The summed E-state index contributed by atoms with van der Waals surface area (Å²) in [7, 11) is 0. The van der Waals surface area contributed by atoms with Crippen LogP contribution in [0.5, 0.6) is 5.75 Å². The summed E-state index contributed by atoms with van der Waals surface area (Å²) in [5.74, 6) is 1.46. The predicted molar refractivity (Wildman–Crippen MR) is 106 cm³/mol. The SMILES string of the molecule is C#CCOc1cccc(/C=C2/C(=O)NC(=O)N(c3cc(C)ccc3C)C2=O)c1. The number of aryl methyl sites for hydroxylation is 2. The molecule has 0 saturated carbocycles. The molecular formula is C22H18N2O4. The fourth-order valence-electron chi connectivity index (χ4n) is 2.82. The molecule has 140 valence electrons. The van der Waals surface area contributed by atoms with Crippen LogP contribution in [0.25, 0.3) is 6.08 Å². The fourth-order valence-corrected chi connectivity index (χ4v) is 2.82. The van der Waals surface area contributed by atoms with Crippen molar-refractivity contribution in [2.75, 3.05) is 11.5 Å². The third-order valence-electron chi connectivity index (χ3n) is 4.20. The van der Waals surface area contributed by atoms with E-state index < -0.39 is 17.8 Å². The Labute approximate surface area is 162 Å². The standard InChI is InChI=1S/C22H18N2O4/c1-4-10-28-17-7-5-6-16(12-17)13-18-20(25)23-22(27)24(21(18)26)19-11-14(2)8-9-15(19)3/h1,5-9,11-13H,10H2,2-3H3,(H,23,25,27)/b18-13-. The molecule has 0 atom stereocenters. The van der Waals surface area contributed by atoms with Crippen molar-refractivity contribution >= 4 is 29.6 Å². The second kappa shape index (κ2) is 7.80. The third kappa shape index (κ3) is 3.79. The van der Waals surface area contributed by atoms with E-state index in [0.29, 0.717) is 17.0 Å². The molecule has 1 heterocycles. The number of rotatable bonds is 4. The van der Waals surface area contributed by atoms with E-state index >= 15 is 0 Å². The molecule has 0 unspecified atom stereocenters. The summed E-state index contributed by atoms with van der Waals surface area (Å²) in [6, 6.07) is 11.5. The zero-order valence-corrected chi connectivity index (χ0v) is 15.5. The maximum Gasteiger partial charge on any atom is 0.335 e. The van der Waals surface area contributed by atoms with E-state index in [9.17, 15) is 14.4 Å². The van der Waals surface area contributed by atoms with Gasteiger partial charge in [-0.1, -0.05) is 30.2 Å². The molecular weight excluding hydrogens is 356 g/mol. The highest BCUT2D eigenvalue weighted by atomic mass is 16.5. The molecule has 0 spiro atoms. The van der Waals surface area contributed by atoms with Crippen LogP contribution in [0.4, 0.5) is 10.5 Å². The molecule has 1 aliphatic heterocycles. The number of terminal acetylenes is 1. The highest BCUT2D eigenvalue weighted by Crippen LogP contribution is 2.26. The van der Waals surface area contributed by atoms with E-state index in [1.807, 2.05) is 19.1 Å². The van der Waals surface area contributed by atoms with E-state index in [-0.39, 0.29) is 12.2 Å². The van der Waals surface area contributed by atoms with Crippen molar-refractivity contribution in [3.8, 4) is 18.1 Å². The first-order valence-electron chi connectivity index (χ1n) is 8.55. The van der Waals surface area contributed by atoms with Crippen molar-refractivity contribution in [2.45, 2.75) is 13.8 Å². The van der Waals surface area contributed by atoms with Gasteiger partial charge in [-0.15, -0.1) is 6.42 Å². The van der Waals surface area contributed by atoms with Crippen LogP contribution in [0.1, 0.15) is 16.7 Å². The van der Waals surface area contributed by atoms with Gasteiger partial charge in [-0.2, -0.15) is 0 Å². The average Bonchev–Trinajstić information content (AvgIpc) is 2.66. The topological polar surface area (TPSA) is 75.7 Å². The van der Waals surface area contributed by atoms with Gasteiger partial charge in [0, 0.05) is 0 Å². The van der Waals surface area contributed by atoms with Gasteiger partial charge in [-0.25, -0.2) is 9.69 Å². The second-order valence-corrected chi connectivity index (χ2v) is 6.31. The monoisotopic (exact) mass is 374 g/mol. The van der Waals surface area contributed by atoms with Gasteiger partial charge in [-0.05, 0) is 54.8 Å². The van der Waals surface area contributed by atoms with Crippen molar-refractivity contribution in [3.05, 3.63) is 64.7 Å². The Kier molecular flexibility index (Phi) is 5.28. The Morgan fingerprint density at radius 3 is 2.68 bits per heavy atom. The lowest BCUT2D eigenvalue weighted by atomic mass is 10.0. The van der Waals surface area contributed by atoms with E-state index in [4.69, 9.17) is 11.2 Å². The van der Waals surface area contributed by atoms with Crippen LogP contribution in [0.2, 0.25) is 0 Å². The maximum atomic E-state index is 13.0. The number of hydrogen-bond donors (Lipinski definition) is 1. The molecule has 0 aliphatic carbocycles. The number of amides is 4. The molecule has 3 rings (SSSR count). The van der Waals surface area contributed by atoms with E-state index in [2.05, 4.69) is 11.2 Å². The Bertz CT molecular complexity index is 1050. The Balaban J connectivity index is 2.00. The molecule has 1 aliphatic rings. The van der Waals surface area contributed by atoms with Crippen LogP contribution in [-0.2, 0) is 9.59 Å². The lowest BCUT2D eigenvalue weighted by Gasteiger charge is -2.27. The van der Waals surface area contributed by atoms with Gasteiger partial charge < -0.3 is 4.74 Å². The summed E-state index contributed by atoms with van der Waals surface area (Å²) < 4.78 is 5.36. The highest BCUT2D eigenvalue weighted by Gasteiger charge is 2.37. The van der Waals surface area contributed by atoms with E-state index in [1.165, 1.54) is 6.08 Å². The summed E-state index contributed by atoms with van der Waals surface area (Å²) in [6.45, 7) is 3.76. The summed E-state index contributed by atoms with van der Waals surface area (Å²) in [5, 5.41) is 2.23. The van der Waals surface area contributed by atoms with Crippen LogP contribution in [0.3, 0.4) is 0 Å². The summed E-state index contributed by atoms with van der Waals surface area (Å²) >= 11 is 0. The Morgan fingerprint density at radius 1 is 1.14 bits per heavy atom. The number of benzene rings is 2. The van der Waals surface area contributed by atoms with Gasteiger partial charge in [-0.3, -0.25) is 14.9 Å². The molecule has 0 bridgehead atoms. The minimum absolute atomic E-state index is 0.106. The van der Waals surface area contributed by atoms with Crippen LogP contribution in [-0.4, -0.2) is 24.5 Å². The third-order valence-corrected chi connectivity index (χ3v) is 4.20. The van der Waals surface area contributed by atoms with E-state index in [0.717, 1.165) is 16.0 Å². The first-order valence-corrected chi connectivity index (χ1v) is 8.55. The molecule has 2 aromatic rings. The average molecular weight is 374 g/mol. The number of imide groups is 2. The van der Waals surface area contributed by atoms with Crippen molar-refractivity contribution in [1.82, 2.24) is 5.32 Å². The van der Waals surface area contributed by atoms with E-state index in [1.54, 1.807) is 37.3 Å². The molecule has 1 N–H and O–H groups in total. The molecule has 0 radical (unpaired) electrons. The summed E-state index contributed by atoms with van der Waals surface area (Å²) in [6.07, 6.45) is 6.61. The van der Waals surface area contributed by atoms with Crippen LogP contribution in [0.15, 0.2) is 48.0 Å². The van der Waals surface area contributed by atoms with Gasteiger partial charge in [0.05, 0.1) is 5.69 Å². The smallest absolute Gasteiger partial charge is 0.335 e. The number of urea groups is 1. The molecule has 0 aromatic heterocycles. The van der Waals surface area contributed by atoms with Crippen LogP contribution < -0.4 is 15.0 Å². The summed E-state index contributed by atoms with van der Waals surface area (Å²) in [4.78, 5) is 38.6. The van der Waals surface area contributed by atoms with Crippen LogP contribution >= 0.6 is 0 Å². The lowest BCUT2D eigenvalue weighted by molar-refractivity contribution is -0.122. The highest BCUT2D eigenvalue weighted by molar-refractivity contribution is 6.39. The van der Waals surface area contributed by atoms with Gasteiger partial charge in [0.1, 0.15) is 17.9 Å². The summed E-state index contributed by atoms with van der Waals surface area (Å²) in [5.41, 5.74) is 2.50. The van der Waals surface area contributed by atoms with Crippen LogP contribution in [0, 0.1) is 26.2 Å². The first kappa shape index (κ1) is 18.9. The number of nitrogens with zero attached hydrogens (tertiary/aromatic N) is 1. The maximum absolute atomic E-state index is 13.0. The Hall–Kier alpha value is -3.85. The molecule has 4 amide bonds. The minimum Gasteiger partial charge on any atom is -0.481 e. The van der Waals surface area contributed by atoms with Gasteiger partial charge in [0.2, 0.25) is 0 Å². The molecule has 2 aromatic carbocycles. The number of anilines is 1. The molecule has 6 nitrogen and oxygen atoms in total. The predicted octanol–water partition coefficient (Wildman–Crippen LogP) is 2.98. The van der Waals surface area contributed by atoms with Crippen molar-refractivity contribution < 1.29 is 19.1 Å².